The van der Waals surface area contributed by atoms with Gasteiger partial charge in [0.1, 0.15) is 19.0 Å². The average molecular weight is 355 g/mol. The standard InChI is InChI=1S/C18H21N5O3/c24-16(12-22-10-11-26-18(22)25)19-14-6-7-15-20-21-17(23(15)9-8-14)13-4-2-1-3-5-13/h1-5,14H,6-12H2,(H,19,24). The molecule has 136 valence electrons. The van der Waals surface area contributed by atoms with Crippen LogP contribution < -0.4 is 5.32 Å². The fourth-order valence-corrected chi connectivity index (χ4v) is 3.45. The number of hydrogen-bond donors (Lipinski definition) is 1. The van der Waals surface area contributed by atoms with Gasteiger partial charge in [0.2, 0.25) is 5.91 Å². The highest BCUT2D eigenvalue weighted by atomic mass is 16.6. The summed E-state index contributed by atoms with van der Waals surface area (Å²) in [5.74, 6) is 1.67. The van der Waals surface area contributed by atoms with Crippen molar-refractivity contribution in [3.63, 3.8) is 0 Å². The van der Waals surface area contributed by atoms with Gasteiger partial charge in [-0.3, -0.25) is 9.69 Å². The van der Waals surface area contributed by atoms with Crippen LogP contribution in [0.2, 0.25) is 0 Å². The average Bonchev–Trinajstić information content (AvgIpc) is 3.19. The third-order valence-corrected chi connectivity index (χ3v) is 4.82. The van der Waals surface area contributed by atoms with Crippen LogP contribution in [0.25, 0.3) is 11.4 Å². The van der Waals surface area contributed by atoms with Gasteiger partial charge in [0.05, 0.1) is 6.54 Å². The Hall–Kier alpha value is -2.90. The normalized spacial score (nSPS) is 19.6. The molecule has 1 atom stereocenters. The van der Waals surface area contributed by atoms with Crippen molar-refractivity contribution in [1.82, 2.24) is 25.0 Å². The van der Waals surface area contributed by atoms with E-state index in [1.807, 2.05) is 30.3 Å². The number of hydrogen-bond acceptors (Lipinski definition) is 5. The molecule has 1 saturated heterocycles. The van der Waals surface area contributed by atoms with Crippen molar-refractivity contribution in [2.45, 2.75) is 31.8 Å². The lowest BCUT2D eigenvalue weighted by Crippen LogP contribution is -2.42. The van der Waals surface area contributed by atoms with Crippen LogP contribution in [0.4, 0.5) is 4.79 Å². The highest BCUT2D eigenvalue weighted by Gasteiger charge is 2.26. The van der Waals surface area contributed by atoms with E-state index in [0.29, 0.717) is 13.2 Å². The SMILES string of the molecule is O=C(CN1CCOC1=O)NC1CCc2nnc(-c3ccccc3)n2CC1. The van der Waals surface area contributed by atoms with Gasteiger partial charge >= 0.3 is 6.09 Å². The van der Waals surface area contributed by atoms with Crippen molar-refractivity contribution in [2.75, 3.05) is 19.7 Å². The van der Waals surface area contributed by atoms with Crippen LogP contribution in [0.1, 0.15) is 18.7 Å². The third kappa shape index (κ3) is 3.40. The largest absolute Gasteiger partial charge is 0.448 e. The fraction of sp³-hybridized carbons (Fsp3) is 0.444. The molecule has 8 nitrogen and oxygen atoms in total. The van der Waals surface area contributed by atoms with Crippen LogP contribution >= 0.6 is 0 Å². The Kier molecular flexibility index (Phi) is 4.55. The lowest BCUT2D eigenvalue weighted by molar-refractivity contribution is -0.122. The second-order valence-electron chi connectivity index (χ2n) is 6.59. The van der Waals surface area contributed by atoms with E-state index in [4.69, 9.17) is 4.74 Å². The number of cyclic esters (lactones) is 1. The number of aryl methyl sites for hydroxylation is 1. The molecule has 1 unspecified atom stereocenters. The summed E-state index contributed by atoms with van der Waals surface area (Å²) in [6.45, 7) is 1.63. The number of ether oxygens (including phenoxy) is 1. The van der Waals surface area contributed by atoms with Gasteiger partial charge in [-0.05, 0) is 12.8 Å². The molecule has 0 saturated carbocycles. The molecule has 2 amide bonds. The number of benzene rings is 1. The van der Waals surface area contributed by atoms with E-state index in [2.05, 4.69) is 20.1 Å². The van der Waals surface area contributed by atoms with Crippen LogP contribution in [0.15, 0.2) is 30.3 Å². The molecule has 0 bridgehead atoms. The van der Waals surface area contributed by atoms with Gasteiger partial charge in [0.25, 0.3) is 0 Å². The van der Waals surface area contributed by atoms with E-state index in [-0.39, 0.29) is 18.5 Å². The molecule has 2 aliphatic heterocycles. The minimum atomic E-state index is -0.417. The van der Waals surface area contributed by atoms with Gasteiger partial charge in [-0.1, -0.05) is 30.3 Å². The maximum Gasteiger partial charge on any atom is 0.410 e. The molecule has 1 N–H and O–H groups in total. The molecule has 8 heteroatoms. The van der Waals surface area contributed by atoms with Crippen molar-refractivity contribution in [3.8, 4) is 11.4 Å². The summed E-state index contributed by atoms with van der Waals surface area (Å²) >= 11 is 0. The monoisotopic (exact) mass is 355 g/mol. The van der Waals surface area contributed by atoms with Crippen LogP contribution in [0.5, 0.6) is 0 Å². The van der Waals surface area contributed by atoms with Gasteiger partial charge in [0, 0.05) is 24.6 Å². The minimum absolute atomic E-state index is 0.0523. The summed E-state index contributed by atoms with van der Waals surface area (Å²) < 4.78 is 6.99. The smallest absolute Gasteiger partial charge is 0.410 e. The molecule has 0 spiro atoms. The summed E-state index contributed by atoms with van der Waals surface area (Å²) in [5.41, 5.74) is 1.04. The number of amides is 2. The van der Waals surface area contributed by atoms with Gasteiger partial charge < -0.3 is 14.6 Å². The Morgan fingerprint density at radius 2 is 2.04 bits per heavy atom. The first-order chi connectivity index (χ1) is 12.7. The topological polar surface area (TPSA) is 89.3 Å². The van der Waals surface area contributed by atoms with Crippen LogP contribution in [0, 0.1) is 0 Å². The van der Waals surface area contributed by atoms with Crippen molar-refractivity contribution in [2.24, 2.45) is 0 Å². The number of fused-ring (bicyclic) bond motifs is 1. The predicted octanol–water partition coefficient (Wildman–Crippen LogP) is 1.22. The molecule has 26 heavy (non-hydrogen) atoms. The Labute approximate surface area is 151 Å². The predicted molar refractivity (Wildman–Crippen MR) is 93.2 cm³/mol. The zero-order chi connectivity index (χ0) is 17.9. The van der Waals surface area contributed by atoms with Crippen LogP contribution in [-0.4, -0.2) is 57.4 Å². The molecule has 0 aliphatic carbocycles. The highest BCUT2D eigenvalue weighted by Crippen LogP contribution is 2.22. The third-order valence-electron chi connectivity index (χ3n) is 4.82. The molecule has 2 aromatic rings. The molecule has 4 rings (SSSR count). The molecule has 1 aromatic carbocycles. The van der Waals surface area contributed by atoms with Crippen molar-refractivity contribution in [1.29, 1.82) is 0 Å². The van der Waals surface area contributed by atoms with E-state index in [1.54, 1.807) is 0 Å². The highest BCUT2D eigenvalue weighted by molar-refractivity contribution is 5.83. The van der Waals surface area contributed by atoms with E-state index in [9.17, 15) is 9.59 Å². The first-order valence-electron chi connectivity index (χ1n) is 8.89. The molecule has 1 fully saturated rings. The first kappa shape index (κ1) is 16.6. The summed E-state index contributed by atoms with van der Waals surface area (Å²) in [5, 5.41) is 11.7. The minimum Gasteiger partial charge on any atom is -0.448 e. The second kappa shape index (κ2) is 7.15. The second-order valence-corrected chi connectivity index (χ2v) is 6.59. The lowest BCUT2D eigenvalue weighted by Gasteiger charge is -2.18. The maximum absolute atomic E-state index is 12.2. The molecular formula is C18H21N5O3. The Morgan fingerprint density at radius 3 is 2.81 bits per heavy atom. The number of nitrogens with zero attached hydrogens (tertiary/aromatic N) is 4. The van der Waals surface area contributed by atoms with Gasteiger partial charge in [-0.25, -0.2) is 4.79 Å². The van der Waals surface area contributed by atoms with Gasteiger partial charge in [0.15, 0.2) is 5.82 Å². The maximum atomic E-state index is 12.2. The zero-order valence-corrected chi connectivity index (χ0v) is 14.4. The van der Waals surface area contributed by atoms with Gasteiger partial charge in [-0.15, -0.1) is 10.2 Å². The number of carbonyl (C=O) groups excluding carboxylic acids is 2. The van der Waals surface area contributed by atoms with Gasteiger partial charge in [-0.2, -0.15) is 0 Å². The number of aromatic nitrogens is 3. The van der Waals surface area contributed by atoms with Crippen molar-refractivity contribution >= 4 is 12.0 Å². The lowest BCUT2D eigenvalue weighted by atomic mass is 10.1. The van der Waals surface area contributed by atoms with Crippen LogP contribution in [0.3, 0.4) is 0 Å². The fourth-order valence-electron chi connectivity index (χ4n) is 3.45. The molecule has 1 aromatic heterocycles. The number of nitrogens with one attached hydrogen (secondary N) is 1. The van der Waals surface area contributed by atoms with E-state index < -0.39 is 6.09 Å². The molecule has 3 heterocycles. The number of carbonyl (C=O) groups is 2. The van der Waals surface area contributed by atoms with E-state index >= 15 is 0 Å². The Bertz CT molecular complexity index is 804. The molecule has 2 aliphatic rings. The molecule has 0 radical (unpaired) electrons. The van der Waals surface area contributed by atoms with Crippen molar-refractivity contribution < 1.29 is 14.3 Å². The summed E-state index contributed by atoms with van der Waals surface area (Å²) in [6, 6.07) is 10.1. The van der Waals surface area contributed by atoms with Crippen LogP contribution in [-0.2, 0) is 22.5 Å². The van der Waals surface area contributed by atoms with E-state index in [0.717, 1.165) is 43.0 Å². The Morgan fingerprint density at radius 1 is 1.19 bits per heavy atom. The zero-order valence-electron chi connectivity index (χ0n) is 14.4. The summed E-state index contributed by atoms with van der Waals surface area (Å²) in [7, 11) is 0. The van der Waals surface area contributed by atoms with E-state index in [1.165, 1.54) is 4.90 Å². The summed E-state index contributed by atoms with van der Waals surface area (Å²) in [6.07, 6.45) is 1.96. The Balaban J connectivity index is 1.38. The quantitative estimate of drug-likeness (QED) is 0.891. The number of rotatable bonds is 4. The first-order valence-corrected chi connectivity index (χ1v) is 8.89. The molecular weight excluding hydrogens is 334 g/mol. The summed E-state index contributed by atoms with van der Waals surface area (Å²) in [4.78, 5) is 25.1. The van der Waals surface area contributed by atoms with Crippen molar-refractivity contribution in [3.05, 3.63) is 36.2 Å².